The quantitative estimate of drug-likeness (QED) is 0.637. The van der Waals surface area contributed by atoms with Crippen LogP contribution >= 0.6 is 0 Å². The van der Waals surface area contributed by atoms with Crippen LogP contribution in [-0.4, -0.2) is 62.7 Å². The minimum absolute atomic E-state index is 0.698. The zero-order chi connectivity index (χ0) is 8.97. The van der Waals surface area contributed by atoms with E-state index in [0.717, 1.165) is 19.6 Å². The third-order valence-corrected chi connectivity index (χ3v) is 2.71. The van der Waals surface area contributed by atoms with Gasteiger partial charge in [-0.3, -0.25) is 4.90 Å². The number of piperazine rings is 1. The summed E-state index contributed by atoms with van der Waals surface area (Å²) < 4.78 is 0. The number of likely N-dealkylation sites (N-methyl/N-ethyl adjacent to an activating group) is 2. The molecule has 0 aromatic heterocycles. The Labute approximate surface area is 75.7 Å². The van der Waals surface area contributed by atoms with Gasteiger partial charge in [0.2, 0.25) is 0 Å². The highest BCUT2D eigenvalue weighted by Crippen LogP contribution is 2.00. The molecule has 1 rings (SSSR count). The summed E-state index contributed by atoms with van der Waals surface area (Å²) in [4.78, 5) is 4.82. The maximum atomic E-state index is 3.43. The molecule has 1 atom stereocenters. The van der Waals surface area contributed by atoms with Crippen LogP contribution in [0.4, 0.5) is 0 Å². The Morgan fingerprint density at radius 3 is 2.92 bits per heavy atom. The SMILES string of the molecule is CCN(C)CC1CNCCN1C. The average molecular weight is 171 g/mol. The fourth-order valence-electron chi connectivity index (χ4n) is 1.56. The Kier molecular flexibility index (Phi) is 3.98. The molecular formula is C9H21N3. The first-order valence-electron chi connectivity index (χ1n) is 4.83. The smallest absolute Gasteiger partial charge is 0.0345 e. The van der Waals surface area contributed by atoms with Gasteiger partial charge in [0.1, 0.15) is 0 Å². The summed E-state index contributed by atoms with van der Waals surface area (Å²) in [5, 5.41) is 3.43. The number of nitrogens with one attached hydrogen (secondary N) is 1. The van der Waals surface area contributed by atoms with Crippen molar-refractivity contribution in [2.45, 2.75) is 13.0 Å². The van der Waals surface area contributed by atoms with Crippen molar-refractivity contribution in [3.63, 3.8) is 0 Å². The second-order valence-electron chi connectivity index (χ2n) is 3.69. The maximum absolute atomic E-state index is 3.43. The van der Waals surface area contributed by atoms with Crippen LogP contribution < -0.4 is 5.32 Å². The second kappa shape index (κ2) is 4.80. The lowest BCUT2D eigenvalue weighted by atomic mass is 10.2. The molecule has 0 radical (unpaired) electrons. The molecule has 1 unspecified atom stereocenters. The minimum atomic E-state index is 0.698. The normalized spacial score (nSPS) is 26.5. The maximum Gasteiger partial charge on any atom is 0.0345 e. The standard InChI is InChI=1S/C9H21N3/c1-4-11(2)8-9-7-10-5-6-12(9)3/h9-10H,4-8H2,1-3H3. The van der Waals surface area contributed by atoms with Gasteiger partial charge >= 0.3 is 0 Å². The molecule has 0 saturated carbocycles. The number of hydrogen-bond donors (Lipinski definition) is 1. The van der Waals surface area contributed by atoms with E-state index in [0.29, 0.717) is 6.04 Å². The topological polar surface area (TPSA) is 18.5 Å². The fraction of sp³-hybridized carbons (Fsp3) is 1.00. The highest BCUT2D eigenvalue weighted by molar-refractivity contribution is 4.79. The van der Waals surface area contributed by atoms with Crippen LogP contribution in [0.5, 0.6) is 0 Å². The largest absolute Gasteiger partial charge is 0.314 e. The molecule has 1 fully saturated rings. The molecule has 1 saturated heterocycles. The Hall–Kier alpha value is -0.120. The third kappa shape index (κ3) is 2.73. The molecule has 1 aliphatic rings. The van der Waals surface area contributed by atoms with Gasteiger partial charge in [-0.15, -0.1) is 0 Å². The van der Waals surface area contributed by atoms with Gasteiger partial charge in [-0.25, -0.2) is 0 Å². The van der Waals surface area contributed by atoms with Gasteiger partial charge in [-0.1, -0.05) is 6.92 Å². The number of hydrogen-bond acceptors (Lipinski definition) is 3. The van der Waals surface area contributed by atoms with Crippen LogP contribution in [0.2, 0.25) is 0 Å². The Balaban J connectivity index is 2.28. The van der Waals surface area contributed by atoms with E-state index in [4.69, 9.17) is 0 Å². The summed E-state index contributed by atoms with van der Waals surface area (Å²) in [6.07, 6.45) is 0. The van der Waals surface area contributed by atoms with E-state index in [9.17, 15) is 0 Å². The van der Waals surface area contributed by atoms with Crippen molar-refractivity contribution >= 4 is 0 Å². The van der Waals surface area contributed by atoms with Gasteiger partial charge in [-0.05, 0) is 20.6 Å². The number of rotatable bonds is 3. The van der Waals surface area contributed by atoms with Gasteiger partial charge in [0.15, 0.2) is 0 Å². The van der Waals surface area contributed by atoms with Crippen LogP contribution in [0.1, 0.15) is 6.92 Å². The molecule has 0 aromatic carbocycles. The molecule has 0 spiro atoms. The summed E-state index contributed by atoms with van der Waals surface area (Å²) in [7, 11) is 4.40. The Bertz CT molecular complexity index is 127. The predicted octanol–water partition coefficient (Wildman–Crippen LogP) is -0.158. The van der Waals surface area contributed by atoms with Crippen molar-refractivity contribution in [1.82, 2.24) is 15.1 Å². The summed E-state index contributed by atoms with van der Waals surface area (Å²) in [6, 6.07) is 0.698. The van der Waals surface area contributed by atoms with Crippen LogP contribution in [0, 0.1) is 0 Å². The summed E-state index contributed by atoms with van der Waals surface area (Å²) in [6.45, 7) is 7.99. The molecule has 0 aromatic rings. The summed E-state index contributed by atoms with van der Waals surface area (Å²) in [5.41, 5.74) is 0. The van der Waals surface area contributed by atoms with Gasteiger partial charge in [0, 0.05) is 32.2 Å². The zero-order valence-corrected chi connectivity index (χ0v) is 8.51. The van der Waals surface area contributed by atoms with Crippen molar-refractivity contribution in [2.24, 2.45) is 0 Å². The van der Waals surface area contributed by atoms with Crippen LogP contribution in [-0.2, 0) is 0 Å². The van der Waals surface area contributed by atoms with E-state index >= 15 is 0 Å². The molecule has 12 heavy (non-hydrogen) atoms. The Morgan fingerprint density at radius 2 is 2.33 bits per heavy atom. The van der Waals surface area contributed by atoms with Gasteiger partial charge < -0.3 is 10.2 Å². The molecule has 3 heteroatoms. The molecule has 0 aliphatic carbocycles. The molecule has 1 aliphatic heterocycles. The number of nitrogens with zero attached hydrogens (tertiary/aromatic N) is 2. The van der Waals surface area contributed by atoms with Gasteiger partial charge in [-0.2, -0.15) is 0 Å². The van der Waals surface area contributed by atoms with Gasteiger partial charge in [0.25, 0.3) is 0 Å². The van der Waals surface area contributed by atoms with Crippen LogP contribution in [0.15, 0.2) is 0 Å². The average Bonchev–Trinajstić information content (AvgIpc) is 2.09. The lowest BCUT2D eigenvalue weighted by molar-refractivity contribution is 0.155. The summed E-state index contributed by atoms with van der Waals surface area (Å²) in [5.74, 6) is 0. The van der Waals surface area contributed by atoms with Gasteiger partial charge in [0.05, 0.1) is 0 Å². The minimum Gasteiger partial charge on any atom is -0.314 e. The van der Waals surface area contributed by atoms with Crippen molar-refractivity contribution in [3.05, 3.63) is 0 Å². The fourth-order valence-corrected chi connectivity index (χ4v) is 1.56. The van der Waals surface area contributed by atoms with Crippen molar-refractivity contribution in [1.29, 1.82) is 0 Å². The first kappa shape index (κ1) is 9.96. The van der Waals surface area contributed by atoms with E-state index in [1.165, 1.54) is 13.1 Å². The lowest BCUT2D eigenvalue weighted by Crippen LogP contribution is -2.53. The van der Waals surface area contributed by atoms with Crippen LogP contribution in [0.3, 0.4) is 0 Å². The van der Waals surface area contributed by atoms with Crippen molar-refractivity contribution in [3.8, 4) is 0 Å². The van der Waals surface area contributed by atoms with E-state index < -0.39 is 0 Å². The van der Waals surface area contributed by atoms with E-state index in [1.807, 2.05) is 0 Å². The van der Waals surface area contributed by atoms with E-state index in [1.54, 1.807) is 0 Å². The first-order valence-corrected chi connectivity index (χ1v) is 4.83. The predicted molar refractivity (Wildman–Crippen MR) is 52.5 cm³/mol. The first-order chi connectivity index (χ1) is 5.74. The molecule has 1 heterocycles. The summed E-state index contributed by atoms with van der Waals surface area (Å²) >= 11 is 0. The highest BCUT2D eigenvalue weighted by Gasteiger charge is 2.18. The second-order valence-corrected chi connectivity index (χ2v) is 3.69. The molecule has 1 N–H and O–H groups in total. The van der Waals surface area contributed by atoms with E-state index in [-0.39, 0.29) is 0 Å². The zero-order valence-electron chi connectivity index (χ0n) is 8.51. The molecular weight excluding hydrogens is 150 g/mol. The molecule has 0 amide bonds. The van der Waals surface area contributed by atoms with Crippen molar-refractivity contribution < 1.29 is 0 Å². The molecule has 3 nitrogen and oxygen atoms in total. The molecule has 0 bridgehead atoms. The third-order valence-electron chi connectivity index (χ3n) is 2.71. The highest BCUT2D eigenvalue weighted by atomic mass is 15.2. The lowest BCUT2D eigenvalue weighted by Gasteiger charge is -2.35. The monoisotopic (exact) mass is 171 g/mol. The molecule has 72 valence electrons. The van der Waals surface area contributed by atoms with Crippen LogP contribution in [0.25, 0.3) is 0 Å². The van der Waals surface area contributed by atoms with E-state index in [2.05, 4.69) is 36.1 Å². The van der Waals surface area contributed by atoms with Crippen molar-refractivity contribution in [2.75, 3.05) is 46.8 Å². The Morgan fingerprint density at radius 1 is 1.58 bits per heavy atom.